The Morgan fingerprint density at radius 1 is 1.05 bits per heavy atom. The predicted octanol–water partition coefficient (Wildman–Crippen LogP) is 4.12. The van der Waals surface area contributed by atoms with E-state index in [1.165, 1.54) is 37.8 Å². The lowest BCUT2D eigenvalue weighted by Gasteiger charge is -2.09. The molecule has 19 heavy (non-hydrogen) atoms. The standard InChI is InChI=1S/C16H18FNO/c17-13-7-5-12(6-8-13)16-10-9-15(19-16)11-18-14-3-1-2-4-14/h5-10,14,18H,1-4,11H2. The van der Waals surface area contributed by atoms with Crippen molar-refractivity contribution in [3.63, 3.8) is 0 Å². The van der Waals surface area contributed by atoms with Crippen molar-refractivity contribution >= 4 is 0 Å². The van der Waals surface area contributed by atoms with Crippen molar-refractivity contribution in [3.05, 3.63) is 48.0 Å². The number of hydrogen-bond donors (Lipinski definition) is 1. The zero-order valence-corrected chi connectivity index (χ0v) is 10.9. The zero-order chi connectivity index (χ0) is 13.1. The summed E-state index contributed by atoms with van der Waals surface area (Å²) in [6.45, 7) is 0.770. The largest absolute Gasteiger partial charge is 0.460 e. The van der Waals surface area contributed by atoms with Gasteiger partial charge in [-0.05, 0) is 49.2 Å². The van der Waals surface area contributed by atoms with Crippen LogP contribution in [0.2, 0.25) is 0 Å². The van der Waals surface area contributed by atoms with Gasteiger partial charge in [0.1, 0.15) is 17.3 Å². The molecule has 0 saturated heterocycles. The van der Waals surface area contributed by atoms with Crippen LogP contribution in [0.3, 0.4) is 0 Å². The quantitative estimate of drug-likeness (QED) is 0.893. The molecule has 0 bridgehead atoms. The highest BCUT2D eigenvalue weighted by Crippen LogP contribution is 2.23. The van der Waals surface area contributed by atoms with Crippen LogP contribution >= 0.6 is 0 Å². The van der Waals surface area contributed by atoms with E-state index < -0.39 is 0 Å². The van der Waals surface area contributed by atoms with Gasteiger partial charge in [0.25, 0.3) is 0 Å². The Labute approximate surface area is 112 Å². The number of benzene rings is 1. The molecule has 1 heterocycles. The first-order valence-electron chi connectivity index (χ1n) is 6.89. The summed E-state index contributed by atoms with van der Waals surface area (Å²) in [5.74, 6) is 1.51. The molecule has 2 nitrogen and oxygen atoms in total. The van der Waals surface area contributed by atoms with E-state index in [0.29, 0.717) is 6.04 Å². The molecule has 1 aliphatic rings. The van der Waals surface area contributed by atoms with Gasteiger partial charge in [0.05, 0.1) is 6.54 Å². The maximum absolute atomic E-state index is 12.9. The first kappa shape index (κ1) is 12.4. The molecule has 0 atom stereocenters. The molecule has 1 aliphatic carbocycles. The third kappa shape index (κ3) is 3.04. The lowest BCUT2D eigenvalue weighted by Crippen LogP contribution is -2.24. The maximum atomic E-state index is 12.9. The van der Waals surface area contributed by atoms with Gasteiger partial charge in [-0.25, -0.2) is 4.39 Å². The van der Waals surface area contributed by atoms with Crippen LogP contribution in [0, 0.1) is 5.82 Å². The molecular weight excluding hydrogens is 241 g/mol. The smallest absolute Gasteiger partial charge is 0.134 e. The number of halogens is 1. The molecule has 1 fully saturated rings. The van der Waals surface area contributed by atoms with E-state index >= 15 is 0 Å². The third-order valence-electron chi connectivity index (χ3n) is 3.71. The summed E-state index contributed by atoms with van der Waals surface area (Å²) in [7, 11) is 0. The molecule has 1 aromatic carbocycles. The Hall–Kier alpha value is -1.61. The highest BCUT2D eigenvalue weighted by molar-refractivity contribution is 5.57. The van der Waals surface area contributed by atoms with Crippen molar-refractivity contribution in [2.24, 2.45) is 0 Å². The topological polar surface area (TPSA) is 25.2 Å². The summed E-state index contributed by atoms with van der Waals surface area (Å²) in [6, 6.07) is 11.0. The Morgan fingerprint density at radius 3 is 2.53 bits per heavy atom. The van der Waals surface area contributed by atoms with E-state index in [0.717, 1.165) is 23.6 Å². The molecule has 3 heteroatoms. The minimum absolute atomic E-state index is 0.224. The Kier molecular flexibility index (Phi) is 3.65. The van der Waals surface area contributed by atoms with Gasteiger partial charge in [-0.2, -0.15) is 0 Å². The minimum atomic E-state index is -0.224. The van der Waals surface area contributed by atoms with Crippen molar-refractivity contribution in [3.8, 4) is 11.3 Å². The summed E-state index contributed by atoms with van der Waals surface area (Å²) in [5, 5.41) is 3.52. The Bertz CT molecular complexity index is 526. The fourth-order valence-corrected chi connectivity index (χ4v) is 2.62. The molecule has 0 spiro atoms. The summed E-state index contributed by atoms with van der Waals surface area (Å²) in [4.78, 5) is 0. The monoisotopic (exact) mass is 259 g/mol. The van der Waals surface area contributed by atoms with Crippen molar-refractivity contribution in [2.75, 3.05) is 0 Å². The van der Waals surface area contributed by atoms with E-state index in [1.54, 1.807) is 12.1 Å². The first-order chi connectivity index (χ1) is 9.31. The van der Waals surface area contributed by atoms with Crippen LogP contribution in [0.4, 0.5) is 4.39 Å². The highest BCUT2D eigenvalue weighted by atomic mass is 19.1. The van der Waals surface area contributed by atoms with Gasteiger partial charge in [-0.15, -0.1) is 0 Å². The molecule has 0 radical (unpaired) electrons. The van der Waals surface area contributed by atoms with Crippen LogP contribution in [0.25, 0.3) is 11.3 Å². The van der Waals surface area contributed by atoms with Gasteiger partial charge in [0.15, 0.2) is 0 Å². The lowest BCUT2D eigenvalue weighted by atomic mass is 10.2. The van der Waals surface area contributed by atoms with E-state index in [4.69, 9.17) is 4.42 Å². The molecule has 1 saturated carbocycles. The molecule has 0 amide bonds. The second-order valence-corrected chi connectivity index (χ2v) is 5.14. The normalized spacial score (nSPS) is 16.1. The van der Waals surface area contributed by atoms with Gasteiger partial charge in [0.2, 0.25) is 0 Å². The minimum Gasteiger partial charge on any atom is -0.460 e. The predicted molar refractivity (Wildman–Crippen MR) is 73.2 cm³/mol. The lowest BCUT2D eigenvalue weighted by molar-refractivity contribution is 0.452. The van der Waals surface area contributed by atoms with Crippen LogP contribution in [0.5, 0.6) is 0 Å². The fourth-order valence-electron chi connectivity index (χ4n) is 2.62. The molecule has 1 N–H and O–H groups in total. The highest BCUT2D eigenvalue weighted by Gasteiger charge is 2.14. The van der Waals surface area contributed by atoms with Gasteiger partial charge in [-0.3, -0.25) is 0 Å². The van der Waals surface area contributed by atoms with Crippen LogP contribution in [0.15, 0.2) is 40.8 Å². The van der Waals surface area contributed by atoms with E-state index in [1.807, 2.05) is 12.1 Å². The van der Waals surface area contributed by atoms with E-state index in [-0.39, 0.29) is 5.82 Å². The van der Waals surface area contributed by atoms with E-state index in [9.17, 15) is 4.39 Å². The maximum Gasteiger partial charge on any atom is 0.134 e. The van der Waals surface area contributed by atoms with Crippen LogP contribution in [-0.4, -0.2) is 6.04 Å². The number of hydrogen-bond acceptors (Lipinski definition) is 2. The zero-order valence-electron chi connectivity index (χ0n) is 10.9. The number of nitrogens with one attached hydrogen (secondary N) is 1. The molecule has 2 aromatic rings. The number of rotatable bonds is 4. The molecule has 0 unspecified atom stereocenters. The number of furan rings is 1. The second-order valence-electron chi connectivity index (χ2n) is 5.14. The van der Waals surface area contributed by atoms with Crippen molar-refractivity contribution in [2.45, 2.75) is 38.3 Å². The average molecular weight is 259 g/mol. The summed E-state index contributed by atoms with van der Waals surface area (Å²) in [6.07, 6.45) is 5.20. The van der Waals surface area contributed by atoms with Crippen LogP contribution in [0.1, 0.15) is 31.4 Å². The van der Waals surface area contributed by atoms with Crippen LogP contribution < -0.4 is 5.32 Å². The van der Waals surface area contributed by atoms with Crippen molar-refractivity contribution in [1.29, 1.82) is 0 Å². The molecular formula is C16H18FNO. The first-order valence-corrected chi connectivity index (χ1v) is 6.89. The third-order valence-corrected chi connectivity index (χ3v) is 3.71. The van der Waals surface area contributed by atoms with E-state index in [2.05, 4.69) is 5.32 Å². The second kappa shape index (κ2) is 5.57. The molecule has 3 rings (SSSR count). The molecule has 100 valence electrons. The van der Waals surface area contributed by atoms with Gasteiger partial charge < -0.3 is 9.73 Å². The SMILES string of the molecule is Fc1ccc(-c2ccc(CNC3CCCC3)o2)cc1. The van der Waals surface area contributed by atoms with Gasteiger partial charge in [-0.1, -0.05) is 12.8 Å². The Morgan fingerprint density at radius 2 is 1.79 bits per heavy atom. The summed E-state index contributed by atoms with van der Waals surface area (Å²) >= 11 is 0. The Balaban J connectivity index is 1.63. The molecule has 0 aliphatic heterocycles. The molecule has 1 aromatic heterocycles. The fraction of sp³-hybridized carbons (Fsp3) is 0.375. The van der Waals surface area contributed by atoms with Gasteiger partial charge in [0, 0.05) is 11.6 Å². The van der Waals surface area contributed by atoms with Crippen LogP contribution in [-0.2, 0) is 6.54 Å². The van der Waals surface area contributed by atoms with Crippen molar-refractivity contribution < 1.29 is 8.81 Å². The summed E-state index contributed by atoms with van der Waals surface area (Å²) < 4.78 is 18.6. The van der Waals surface area contributed by atoms with Gasteiger partial charge >= 0.3 is 0 Å². The average Bonchev–Trinajstić information content (AvgIpc) is 3.09. The summed E-state index contributed by atoms with van der Waals surface area (Å²) in [5.41, 5.74) is 0.911. The van der Waals surface area contributed by atoms with Crippen molar-refractivity contribution in [1.82, 2.24) is 5.32 Å².